The van der Waals surface area contributed by atoms with Crippen LogP contribution in [0.3, 0.4) is 0 Å². The molecule has 0 saturated heterocycles. The van der Waals surface area contributed by atoms with Crippen molar-refractivity contribution in [3.05, 3.63) is 41.2 Å². The zero-order chi connectivity index (χ0) is 21.8. The van der Waals surface area contributed by atoms with Gasteiger partial charge >= 0.3 is 5.97 Å². The highest BCUT2D eigenvalue weighted by Crippen LogP contribution is 2.41. The van der Waals surface area contributed by atoms with Gasteiger partial charge in [-0.15, -0.1) is 0 Å². The van der Waals surface area contributed by atoms with Crippen molar-refractivity contribution < 1.29 is 30.0 Å². The van der Waals surface area contributed by atoms with Crippen LogP contribution in [0.4, 0.5) is 0 Å². The molecule has 0 aliphatic carbocycles. The number of carbonyl (C=O) groups is 1. The Morgan fingerprint density at radius 2 is 1.43 bits per heavy atom. The number of ether oxygens (including phenoxy) is 1. The van der Waals surface area contributed by atoms with Crippen molar-refractivity contribution in [2.24, 2.45) is 10.8 Å². The summed E-state index contributed by atoms with van der Waals surface area (Å²) in [5.41, 5.74) is 0.0556. The predicted octanol–water partition coefficient (Wildman–Crippen LogP) is 2.81. The van der Waals surface area contributed by atoms with E-state index in [1.54, 1.807) is 0 Å². The molecule has 0 fully saturated rings. The summed E-state index contributed by atoms with van der Waals surface area (Å²) in [6.07, 6.45) is 0. The minimum Gasteiger partial charge on any atom is -0.502 e. The molecule has 158 valence electrons. The molecule has 0 aliphatic heterocycles. The number of aliphatic hydroxyl groups excluding tert-OH is 4. The van der Waals surface area contributed by atoms with Crippen LogP contribution in [0, 0.1) is 10.8 Å². The van der Waals surface area contributed by atoms with Crippen molar-refractivity contribution in [1.82, 2.24) is 0 Å². The highest BCUT2D eigenvalue weighted by atomic mass is 16.5. The number of carbonyl (C=O) groups excluding carboxylic acids is 1. The lowest BCUT2D eigenvalue weighted by molar-refractivity contribution is -0.149. The third-order valence-electron chi connectivity index (χ3n) is 4.70. The smallest absolute Gasteiger partial charge is 0.373 e. The number of hydrogen-bond acceptors (Lipinski definition) is 6. The predicted molar refractivity (Wildman–Crippen MR) is 109 cm³/mol. The van der Waals surface area contributed by atoms with Gasteiger partial charge in [0.2, 0.25) is 5.76 Å². The number of rotatable bonds is 7. The molecule has 0 spiro atoms. The quantitative estimate of drug-likeness (QED) is 0.322. The molecule has 0 heterocycles. The van der Waals surface area contributed by atoms with Crippen LogP contribution in [-0.2, 0) is 14.9 Å². The summed E-state index contributed by atoms with van der Waals surface area (Å²) in [6.45, 7) is 9.75. The van der Waals surface area contributed by atoms with Crippen LogP contribution < -0.4 is 0 Å². The molecule has 0 amide bonds. The normalized spacial score (nSPS) is 13.9. The Bertz CT molecular complexity index is 694. The van der Waals surface area contributed by atoms with Crippen LogP contribution in [0.25, 0.3) is 5.57 Å². The molecule has 4 N–H and O–H groups in total. The van der Waals surface area contributed by atoms with Crippen LogP contribution in [0.2, 0.25) is 0 Å². The molecule has 28 heavy (non-hydrogen) atoms. The van der Waals surface area contributed by atoms with E-state index in [4.69, 9.17) is 4.74 Å². The Labute approximate surface area is 167 Å². The first-order valence-corrected chi connectivity index (χ1v) is 9.36. The fourth-order valence-electron chi connectivity index (χ4n) is 2.92. The van der Waals surface area contributed by atoms with E-state index in [-0.39, 0.29) is 5.41 Å². The summed E-state index contributed by atoms with van der Waals surface area (Å²) >= 11 is 0. The number of aliphatic hydroxyl groups is 4. The van der Waals surface area contributed by atoms with E-state index >= 15 is 0 Å². The summed E-state index contributed by atoms with van der Waals surface area (Å²) in [7, 11) is 0. The molecule has 0 aliphatic rings. The molecular weight excluding hydrogens is 360 g/mol. The molecule has 0 unspecified atom stereocenters. The Hall–Kier alpha value is -1.89. The first kappa shape index (κ1) is 24.1. The molecule has 0 saturated carbocycles. The van der Waals surface area contributed by atoms with E-state index in [0.717, 1.165) is 11.1 Å². The summed E-state index contributed by atoms with van der Waals surface area (Å²) < 4.78 is 5.14. The Balaban J connectivity index is 3.42. The van der Waals surface area contributed by atoms with Gasteiger partial charge in [-0.1, -0.05) is 65.8 Å². The molecule has 1 aromatic carbocycles. The zero-order valence-electron chi connectivity index (χ0n) is 17.7. The van der Waals surface area contributed by atoms with Crippen LogP contribution in [0.15, 0.2) is 30.0 Å². The highest BCUT2D eigenvalue weighted by molar-refractivity contribution is 5.96. The first-order chi connectivity index (χ1) is 12.8. The van der Waals surface area contributed by atoms with Gasteiger partial charge in [0, 0.05) is 5.57 Å². The summed E-state index contributed by atoms with van der Waals surface area (Å²) in [4.78, 5) is 12.6. The Morgan fingerprint density at radius 1 is 0.929 bits per heavy atom. The van der Waals surface area contributed by atoms with E-state index in [2.05, 4.69) is 20.8 Å². The molecule has 1 aromatic rings. The Kier molecular flexibility index (Phi) is 7.82. The van der Waals surface area contributed by atoms with Gasteiger partial charge in [0.05, 0.1) is 25.2 Å². The summed E-state index contributed by atoms with van der Waals surface area (Å²) in [6, 6.07) is 7.60. The third kappa shape index (κ3) is 5.56. The maximum Gasteiger partial charge on any atom is 0.373 e. The first-order valence-electron chi connectivity index (χ1n) is 9.36. The van der Waals surface area contributed by atoms with E-state index in [0.29, 0.717) is 5.57 Å². The van der Waals surface area contributed by atoms with E-state index < -0.39 is 49.0 Å². The summed E-state index contributed by atoms with van der Waals surface area (Å²) in [5.74, 6) is -1.49. The van der Waals surface area contributed by atoms with Gasteiger partial charge in [0.25, 0.3) is 0 Å². The van der Waals surface area contributed by atoms with Gasteiger partial charge in [0.1, 0.15) is 6.61 Å². The number of hydrogen-bond donors (Lipinski definition) is 4. The number of allylic oxidation sites excluding steroid dienone is 1. The lowest BCUT2D eigenvalue weighted by Gasteiger charge is -2.31. The highest BCUT2D eigenvalue weighted by Gasteiger charge is 2.34. The second-order valence-electron chi connectivity index (χ2n) is 9.32. The van der Waals surface area contributed by atoms with Gasteiger partial charge < -0.3 is 25.2 Å². The van der Waals surface area contributed by atoms with Crippen LogP contribution in [0.5, 0.6) is 0 Å². The van der Waals surface area contributed by atoms with Crippen molar-refractivity contribution in [3.8, 4) is 0 Å². The average Bonchev–Trinajstić information content (AvgIpc) is 2.61. The molecule has 0 radical (unpaired) electrons. The monoisotopic (exact) mass is 394 g/mol. The van der Waals surface area contributed by atoms with E-state index in [1.165, 1.54) is 0 Å². The topological polar surface area (TPSA) is 107 Å². The van der Waals surface area contributed by atoms with E-state index in [1.807, 2.05) is 45.0 Å². The zero-order valence-corrected chi connectivity index (χ0v) is 17.7. The largest absolute Gasteiger partial charge is 0.502 e. The maximum absolute atomic E-state index is 12.6. The van der Waals surface area contributed by atoms with Gasteiger partial charge in [-0.25, -0.2) is 4.79 Å². The average molecular weight is 395 g/mol. The second kappa shape index (κ2) is 9.07. The molecule has 6 heteroatoms. The lowest BCUT2D eigenvalue weighted by Crippen LogP contribution is -2.39. The lowest BCUT2D eigenvalue weighted by atomic mass is 9.74. The molecule has 1 rings (SSSR count). The van der Waals surface area contributed by atoms with Crippen molar-refractivity contribution in [2.45, 2.75) is 47.0 Å². The molecule has 0 aromatic heterocycles. The van der Waals surface area contributed by atoms with Crippen molar-refractivity contribution in [3.63, 3.8) is 0 Å². The minimum atomic E-state index is -1.36. The molecular formula is C22H34O6. The number of benzene rings is 1. The van der Waals surface area contributed by atoms with Gasteiger partial charge in [-0.05, 0) is 22.0 Å². The minimum absolute atomic E-state index is 0.211. The SMILES string of the molecule is CC(C)(C)C(=C(O)C(=O)OCC(CO)(CO)CO)c1ccccc1C(C)(C)C. The van der Waals surface area contributed by atoms with Crippen molar-refractivity contribution in [2.75, 3.05) is 26.4 Å². The maximum atomic E-state index is 12.6. The number of esters is 1. The van der Waals surface area contributed by atoms with Crippen LogP contribution >= 0.6 is 0 Å². The second-order valence-corrected chi connectivity index (χ2v) is 9.32. The molecule has 0 bridgehead atoms. The standard InChI is InChI=1S/C22H34O6/c1-20(2,3)16-10-8-7-9-15(16)17(21(4,5)6)18(26)19(27)28-14-22(11-23,12-24)13-25/h7-10,23-26H,11-14H2,1-6H3. The van der Waals surface area contributed by atoms with Gasteiger partial charge in [-0.2, -0.15) is 0 Å². The van der Waals surface area contributed by atoms with Crippen LogP contribution in [-0.4, -0.2) is 52.8 Å². The fourth-order valence-corrected chi connectivity index (χ4v) is 2.92. The Morgan fingerprint density at radius 3 is 1.86 bits per heavy atom. The molecule has 0 atom stereocenters. The van der Waals surface area contributed by atoms with Gasteiger partial charge in [0.15, 0.2) is 0 Å². The van der Waals surface area contributed by atoms with Crippen molar-refractivity contribution >= 4 is 11.5 Å². The van der Waals surface area contributed by atoms with Crippen LogP contribution in [0.1, 0.15) is 52.7 Å². The third-order valence-corrected chi connectivity index (χ3v) is 4.70. The van der Waals surface area contributed by atoms with E-state index in [9.17, 15) is 25.2 Å². The summed E-state index contributed by atoms with van der Waals surface area (Å²) in [5, 5.41) is 38.9. The van der Waals surface area contributed by atoms with Gasteiger partial charge in [-0.3, -0.25) is 0 Å². The fraction of sp³-hybridized carbons (Fsp3) is 0.591. The molecule has 6 nitrogen and oxygen atoms in total. The van der Waals surface area contributed by atoms with Crippen molar-refractivity contribution in [1.29, 1.82) is 0 Å².